The maximum Gasteiger partial charge on any atom is 0.290 e. The molecule has 1 aromatic carbocycles. The van der Waals surface area contributed by atoms with E-state index in [9.17, 15) is 9.59 Å². The molecule has 33 heavy (non-hydrogen) atoms. The van der Waals surface area contributed by atoms with Gasteiger partial charge >= 0.3 is 0 Å². The van der Waals surface area contributed by atoms with E-state index in [4.69, 9.17) is 9.90 Å². The molecule has 3 aliphatic rings. The van der Waals surface area contributed by atoms with Crippen molar-refractivity contribution in [2.75, 3.05) is 38.0 Å². The van der Waals surface area contributed by atoms with Crippen LogP contribution in [0.4, 0.5) is 5.69 Å². The molecule has 1 aromatic rings. The van der Waals surface area contributed by atoms with Gasteiger partial charge in [0.15, 0.2) is 0 Å². The molecule has 0 aliphatic carbocycles. The lowest BCUT2D eigenvalue weighted by atomic mass is 9.72. The van der Waals surface area contributed by atoms with E-state index in [1.807, 2.05) is 44.2 Å². The normalized spacial score (nSPS) is 27.0. The molecule has 0 radical (unpaired) electrons. The van der Waals surface area contributed by atoms with Crippen LogP contribution in [0.15, 0.2) is 30.3 Å². The molecule has 2 amide bonds. The Balaban J connectivity index is 0.000000968. The number of nitrogens with zero attached hydrogens (tertiary/aromatic N) is 2. The molecule has 0 unspecified atom stereocenters. The van der Waals surface area contributed by atoms with E-state index >= 15 is 0 Å². The van der Waals surface area contributed by atoms with Crippen molar-refractivity contribution in [1.82, 2.24) is 15.1 Å². The van der Waals surface area contributed by atoms with Gasteiger partial charge in [-0.25, -0.2) is 0 Å². The van der Waals surface area contributed by atoms with E-state index in [0.717, 1.165) is 31.9 Å². The number of rotatable bonds is 6. The SMILES string of the molecule is CC(C)C(=O)NC[C@H]1[C@H]2C[C@H](CN(CC(=O)Nc3ccccc3)C2)[C@@H]2CCCCN21.O=CO. The van der Waals surface area contributed by atoms with Gasteiger partial charge in [0.2, 0.25) is 11.8 Å². The van der Waals surface area contributed by atoms with Crippen molar-refractivity contribution in [2.45, 2.75) is 51.6 Å². The molecule has 2 bridgehead atoms. The lowest BCUT2D eigenvalue weighted by molar-refractivity contribution is -0.126. The number of likely N-dealkylation sites (tertiary alicyclic amines) is 1. The van der Waals surface area contributed by atoms with Crippen LogP contribution in [0, 0.1) is 17.8 Å². The summed E-state index contributed by atoms with van der Waals surface area (Å²) in [6.45, 7) is 7.91. The van der Waals surface area contributed by atoms with Gasteiger partial charge in [0.25, 0.3) is 6.47 Å². The van der Waals surface area contributed by atoms with Crippen molar-refractivity contribution in [3.63, 3.8) is 0 Å². The van der Waals surface area contributed by atoms with Crippen molar-refractivity contribution in [1.29, 1.82) is 0 Å². The largest absolute Gasteiger partial charge is 0.483 e. The third kappa shape index (κ3) is 6.77. The second kappa shape index (κ2) is 12.1. The van der Waals surface area contributed by atoms with Crippen molar-refractivity contribution in [3.05, 3.63) is 30.3 Å². The maximum atomic E-state index is 12.6. The third-order valence-corrected chi connectivity index (χ3v) is 7.13. The summed E-state index contributed by atoms with van der Waals surface area (Å²) in [5.41, 5.74) is 0.854. The van der Waals surface area contributed by atoms with Gasteiger partial charge < -0.3 is 15.7 Å². The number of piperidine rings is 3. The molecule has 8 heteroatoms. The number of carboxylic acid groups (broad SMARTS) is 1. The van der Waals surface area contributed by atoms with Crippen LogP contribution in [0.5, 0.6) is 0 Å². The molecule has 4 atom stereocenters. The second-order valence-corrected chi connectivity index (χ2v) is 9.74. The molecule has 3 fully saturated rings. The monoisotopic (exact) mass is 458 g/mol. The standard InChI is InChI=1S/C24H36N4O2.CH2O2/c1-17(2)24(30)25-13-22-19-12-18(21-10-6-7-11-28(21)22)14-27(15-19)16-23(29)26-20-8-4-3-5-9-20;2-1-3/h3-5,8-9,17-19,21-22H,6-7,10-16H2,1-2H3,(H,25,30)(H,26,29);1H,(H,2,3)/t18-,19+,21+,22+;/m1./s1. The Bertz CT molecular complexity index is 788. The van der Waals surface area contributed by atoms with Crippen LogP contribution in [0.3, 0.4) is 0 Å². The lowest BCUT2D eigenvalue weighted by Gasteiger charge is -2.56. The summed E-state index contributed by atoms with van der Waals surface area (Å²) < 4.78 is 0. The van der Waals surface area contributed by atoms with E-state index in [2.05, 4.69) is 20.4 Å². The minimum absolute atomic E-state index is 0.0167. The average Bonchev–Trinajstić information content (AvgIpc) is 2.80. The Morgan fingerprint density at radius 2 is 1.85 bits per heavy atom. The first kappa shape index (κ1) is 25.2. The highest BCUT2D eigenvalue weighted by molar-refractivity contribution is 5.92. The summed E-state index contributed by atoms with van der Waals surface area (Å²) in [4.78, 5) is 38.3. The van der Waals surface area contributed by atoms with Crippen LogP contribution in [-0.2, 0) is 14.4 Å². The molecule has 3 saturated heterocycles. The topological polar surface area (TPSA) is 102 Å². The first-order valence-electron chi connectivity index (χ1n) is 12.1. The van der Waals surface area contributed by atoms with Crippen molar-refractivity contribution < 1.29 is 19.5 Å². The van der Waals surface area contributed by atoms with Crippen LogP contribution in [0.2, 0.25) is 0 Å². The average molecular weight is 459 g/mol. The van der Waals surface area contributed by atoms with E-state index in [1.54, 1.807) is 0 Å². The number of anilines is 1. The van der Waals surface area contributed by atoms with Gasteiger partial charge in [-0.15, -0.1) is 0 Å². The van der Waals surface area contributed by atoms with Crippen LogP contribution < -0.4 is 10.6 Å². The zero-order chi connectivity index (χ0) is 23.8. The van der Waals surface area contributed by atoms with Gasteiger partial charge in [0, 0.05) is 43.3 Å². The molecular weight excluding hydrogens is 420 g/mol. The highest BCUT2D eigenvalue weighted by atomic mass is 16.3. The first-order valence-corrected chi connectivity index (χ1v) is 12.1. The minimum Gasteiger partial charge on any atom is -0.483 e. The van der Waals surface area contributed by atoms with E-state index in [-0.39, 0.29) is 24.2 Å². The Labute approximate surface area is 196 Å². The summed E-state index contributed by atoms with van der Waals surface area (Å²) in [6.07, 6.45) is 5.02. The molecule has 3 heterocycles. The van der Waals surface area contributed by atoms with Gasteiger partial charge in [0.05, 0.1) is 6.54 Å². The van der Waals surface area contributed by atoms with E-state index in [0.29, 0.717) is 30.5 Å². The number of hydrogen-bond acceptors (Lipinski definition) is 5. The maximum absolute atomic E-state index is 12.6. The highest BCUT2D eigenvalue weighted by Gasteiger charge is 2.47. The van der Waals surface area contributed by atoms with Crippen LogP contribution in [0.25, 0.3) is 0 Å². The molecule has 0 aromatic heterocycles. The van der Waals surface area contributed by atoms with Crippen molar-refractivity contribution >= 4 is 24.0 Å². The number of para-hydroxylation sites is 1. The third-order valence-electron chi connectivity index (χ3n) is 7.13. The molecule has 0 spiro atoms. The predicted molar refractivity (Wildman–Crippen MR) is 128 cm³/mol. The smallest absolute Gasteiger partial charge is 0.290 e. The molecule has 3 N–H and O–H groups in total. The number of fused-ring (bicyclic) bond motifs is 4. The zero-order valence-corrected chi connectivity index (χ0v) is 19.8. The molecule has 3 aliphatic heterocycles. The van der Waals surface area contributed by atoms with Gasteiger partial charge in [-0.1, -0.05) is 38.5 Å². The second-order valence-electron chi connectivity index (χ2n) is 9.74. The number of nitrogens with one attached hydrogen (secondary N) is 2. The summed E-state index contributed by atoms with van der Waals surface area (Å²) in [6, 6.07) is 10.7. The fraction of sp³-hybridized carbons (Fsp3) is 0.640. The van der Waals surface area contributed by atoms with Gasteiger partial charge in [-0.05, 0) is 49.8 Å². The van der Waals surface area contributed by atoms with E-state index in [1.165, 1.54) is 25.7 Å². The van der Waals surface area contributed by atoms with Crippen molar-refractivity contribution in [2.24, 2.45) is 17.8 Å². The lowest BCUT2D eigenvalue weighted by Crippen LogP contribution is -2.66. The summed E-state index contributed by atoms with van der Waals surface area (Å²) in [5.74, 6) is 1.36. The van der Waals surface area contributed by atoms with Crippen LogP contribution in [-0.4, -0.2) is 78.0 Å². The quantitative estimate of drug-likeness (QED) is 0.566. The van der Waals surface area contributed by atoms with Gasteiger partial charge in [-0.3, -0.25) is 24.2 Å². The predicted octanol–water partition coefficient (Wildman–Crippen LogP) is 2.27. The fourth-order valence-electron chi connectivity index (χ4n) is 5.75. The Morgan fingerprint density at radius 1 is 1.15 bits per heavy atom. The zero-order valence-electron chi connectivity index (χ0n) is 19.8. The molecule has 0 saturated carbocycles. The van der Waals surface area contributed by atoms with Gasteiger partial charge in [-0.2, -0.15) is 0 Å². The first-order chi connectivity index (χ1) is 15.9. The summed E-state index contributed by atoms with van der Waals surface area (Å²) >= 11 is 0. The van der Waals surface area contributed by atoms with Crippen molar-refractivity contribution in [3.8, 4) is 0 Å². The number of amides is 2. The number of carbonyl (C=O) groups is 3. The highest BCUT2D eigenvalue weighted by Crippen LogP contribution is 2.40. The Morgan fingerprint density at radius 3 is 2.55 bits per heavy atom. The molecule has 182 valence electrons. The Kier molecular flexibility index (Phi) is 9.26. The van der Waals surface area contributed by atoms with E-state index < -0.39 is 0 Å². The fourth-order valence-corrected chi connectivity index (χ4v) is 5.75. The summed E-state index contributed by atoms with van der Waals surface area (Å²) in [7, 11) is 0. The molecule has 8 nitrogen and oxygen atoms in total. The number of benzene rings is 1. The Hall–Kier alpha value is -2.45. The van der Waals surface area contributed by atoms with Crippen LogP contribution in [0.1, 0.15) is 39.5 Å². The number of hydrogen-bond donors (Lipinski definition) is 3. The van der Waals surface area contributed by atoms with Crippen LogP contribution >= 0.6 is 0 Å². The molecule has 4 rings (SSSR count). The number of carbonyl (C=O) groups excluding carboxylic acids is 2. The minimum atomic E-state index is -0.250. The van der Waals surface area contributed by atoms with Gasteiger partial charge in [0.1, 0.15) is 0 Å². The summed E-state index contributed by atoms with van der Waals surface area (Å²) in [5, 5.41) is 13.1. The molecular formula is C25H38N4O4.